The highest BCUT2D eigenvalue weighted by molar-refractivity contribution is 7.89. The number of aryl methyl sites for hydroxylation is 2. The first-order chi connectivity index (χ1) is 15.4. The van der Waals surface area contributed by atoms with Gasteiger partial charge in [-0.2, -0.15) is 4.31 Å². The van der Waals surface area contributed by atoms with Gasteiger partial charge in [0.2, 0.25) is 10.0 Å². The maximum absolute atomic E-state index is 13.2. The van der Waals surface area contributed by atoms with Gasteiger partial charge >= 0.3 is 0 Å². The number of benzene rings is 1. The first kappa shape index (κ1) is 22.0. The minimum Gasteiger partial charge on any atom is -0.496 e. The van der Waals surface area contributed by atoms with Crippen LogP contribution in [0.3, 0.4) is 0 Å². The van der Waals surface area contributed by atoms with Crippen LogP contribution in [0.1, 0.15) is 11.1 Å². The molecule has 0 atom stereocenters. The maximum Gasteiger partial charge on any atom is 0.243 e. The van der Waals surface area contributed by atoms with Crippen molar-refractivity contribution in [3.63, 3.8) is 0 Å². The molecular formula is C22H26N6O3S. The van der Waals surface area contributed by atoms with E-state index in [2.05, 4.69) is 20.5 Å². The van der Waals surface area contributed by atoms with Crippen molar-refractivity contribution < 1.29 is 13.2 Å². The Kier molecular flexibility index (Phi) is 6.24. The number of hydrogen-bond donors (Lipinski definition) is 1. The lowest BCUT2D eigenvalue weighted by Crippen LogP contribution is -2.49. The molecule has 4 rings (SSSR count). The highest BCUT2D eigenvalue weighted by atomic mass is 32.2. The fourth-order valence-corrected chi connectivity index (χ4v) is 5.42. The second-order valence-electron chi connectivity index (χ2n) is 7.62. The van der Waals surface area contributed by atoms with Gasteiger partial charge in [-0.15, -0.1) is 10.2 Å². The van der Waals surface area contributed by atoms with Crippen LogP contribution < -0.4 is 15.0 Å². The van der Waals surface area contributed by atoms with Crippen molar-refractivity contribution in [3.8, 4) is 5.75 Å². The Bertz CT molecular complexity index is 1180. The molecule has 0 saturated carbocycles. The van der Waals surface area contributed by atoms with Crippen LogP contribution in [0, 0.1) is 13.8 Å². The number of aromatic nitrogens is 3. The summed E-state index contributed by atoms with van der Waals surface area (Å²) in [5, 5.41) is 11.7. The Labute approximate surface area is 188 Å². The van der Waals surface area contributed by atoms with Crippen LogP contribution in [0.25, 0.3) is 0 Å². The van der Waals surface area contributed by atoms with Crippen LogP contribution in [0.5, 0.6) is 5.75 Å². The van der Waals surface area contributed by atoms with Crippen molar-refractivity contribution in [2.45, 2.75) is 18.7 Å². The van der Waals surface area contributed by atoms with Crippen LogP contribution in [-0.2, 0) is 10.0 Å². The van der Waals surface area contributed by atoms with Crippen LogP contribution in [-0.4, -0.2) is 61.2 Å². The lowest BCUT2D eigenvalue weighted by molar-refractivity contribution is 0.383. The highest BCUT2D eigenvalue weighted by Gasteiger charge is 2.30. The third kappa shape index (κ3) is 4.51. The molecule has 0 unspecified atom stereocenters. The maximum atomic E-state index is 13.2. The Balaban J connectivity index is 1.42. The fraction of sp³-hybridized carbons (Fsp3) is 0.318. The van der Waals surface area contributed by atoms with E-state index in [1.807, 2.05) is 36.1 Å². The van der Waals surface area contributed by atoms with Crippen molar-refractivity contribution in [1.82, 2.24) is 19.5 Å². The van der Waals surface area contributed by atoms with Gasteiger partial charge in [-0.25, -0.2) is 8.42 Å². The van der Waals surface area contributed by atoms with E-state index in [0.29, 0.717) is 48.2 Å². The Morgan fingerprint density at radius 3 is 2.28 bits per heavy atom. The van der Waals surface area contributed by atoms with Crippen LogP contribution in [0.2, 0.25) is 0 Å². The molecule has 32 heavy (non-hydrogen) atoms. The van der Waals surface area contributed by atoms with E-state index >= 15 is 0 Å². The van der Waals surface area contributed by atoms with Gasteiger partial charge in [0.25, 0.3) is 0 Å². The zero-order chi connectivity index (χ0) is 22.7. The summed E-state index contributed by atoms with van der Waals surface area (Å²) in [6.45, 7) is 5.48. The van der Waals surface area contributed by atoms with E-state index in [1.54, 1.807) is 38.6 Å². The minimum atomic E-state index is -3.59. The van der Waals surface area contributed by atoms with E-state index < -0.39 is 10.0 Å². The molecule has 1 fully saturated rings. The Morgan fingerprint density at radius 1 is 0.938 bits per heavy atom. The number of rotatable bonds is 6. The van der Waals surface area contributed by atoms with Gasteiger partial charge in [0.15, 0.2) is 11.6 Å². The molecule has 9 nitrogen and oxygen atoms in total. The zero-order valence-electron chi connectivity index (χ0n) is 18.3. The summed E-state index contributed by atoms with van der Waals surface area (Å²) in [7, 11) is -2.00. The van der Waals surface area contributed by atoms with E-state index in [0.717, 1.165) is 17.1 Å². The first-order valence-corrected chi connectivity index (χ1v) is 11.7. The molecular weight excluding hydrogens is 428 g/mol. The quantitative estimate of drug-likeness (QED) is 0.607. The SMILES string of the molecule is COc1cc(C)c(S(=O)(=O)N2CCN(c3ccc(Nc4ccncc4)nn3)CC2)cc1C. The van der Waals surface area contributed by atoms with Gasteiger partial charge in [0.05, 0.1) is 12.0 Å². The smallest absolute Gasteiger partial charge is 0.243 e. The van der Waals surface area contributed by atoms with Gasteiger partial charge in [-0.1, -0.05) is 0 Å². The molecule has 10 heteroatoms. The van der Waals surface area contributed by atoms with E-state index in [9.17, 15) is 8.42 Å². The molecule has 0 bridgehead atoms. The molecule has 2 aromatic heterocycles. The van der Waals surface area contributed by atoms with Crippen molar-refractivity contribution in [2.24, 2.45) is 0 Å². The van der Waals surface area contributed by atoms with E-state index in [4.69, 9.17) is 4.74 Å². The number of ether oxygens (including phenoxy) is 1. The number of sulfonamides is 1. The predicted molar refractivity (Wildman–Crippen MR) is 123 cm³/mol. The molecule has 3 heterocycles. The number of piperazine rings is 1. The zero-order valence-corrected chi connectivity index (χ0v) is 19.1. The molecule has 1 N–H and O–H groups in total. The summed E-state index contributed by atoms with van der Waals surface area (Å²) in [6, 6.07) is 10.9. The second-order valence-corrected chi connectivity index (χ2v) is 9.52. The summed E-state index contributed by atoms with van der Waals surface area (Å²) < 4.78 is 33.3. The van der Waals surface area contributed by atoms with Gasteiger partial charge in [0, 0.05) is 44.3 Å². The van der Waals surface area contributed by atoms with Crippen LogP contribution >= 0.6 is 0 Å². The van der Waals surface area contributed by atoms with Gasteiger partial charge in [-0.3, -0.25) is 4.98 Å². The third-order valence-corrected chi connectivity index (χ3v) is 7.52. The van der Waals surface area contributed by atoms with Gasteiger partial charge in [-0.05, 0) is 61.4 Å². The Morgan fingerprint density at radius 2 is 1.66 bits per heavy atom. The second kappa shape index (κ2) is 9.09. The average Bonchev–Trinajstić information content (AvgIpc) is 2.81. The highest BCUT2D eigenvalue weighted by Crippen LogP contribution is 2.28. The van der Waals surface area contributed by atoms with Crippen LogP contribution in [0.4, 0.5) is 17.3 Å². The molecule has 0 amide bonds. The normalized spacial score (nSPS) is 14.9. The summed E-state index contributed by atoms with van der Waals surface area (Å²) >= 11 is 0. The van der Waals surface area contributed by atoms with E-state index in [-0.39, 0.29) is 0 Å². The predicted octanol–water partition coefficient (Wildman–Crippen LogP) is 2.75. The monoisotopic (exact) mass is 454 g/mol. The molecule has 1 aliphatic heterocycles. The number of nitrogens with one attached hydrogen (secondary N) is 1. The average molecular weight is 455 g/mol. The first-order valence-electron chi connectivity index (χ1n) is 10.3. The van der Waals surface area contributed by atoms with E-state index in [1.165, 1.54) is 4.31 Å². The van der Waals surface area contributed by atoms with Crippen molar-refractivity contribution in [3.05, 3.63) is 59.9 Å². The lowest BCUT2D eigenvalue weighted by atomic mass is 10.1. The molecule has 0 radical (unpaired) electrons. The topological polar surface area (TPSA) is 101 Å². The molecule has 3 aromatic rings. The Hall–Kier alpha value is -3.24. The van der Waals surface area contributed by atoms with Crippen LogP contribution in [0.15, 0.2) is 53.7 Å². The number of pyridine rings is 1. The van der Waals surface area contributed by atoms with Crippen molar-refractivity contribution >= 4 is 27.3 Å². The standard InChI is InChI=1S/C22H26N6O3S/c1-16-15-20(17(2)14-19(16)31-3)32(29,30)28-12-10-27(11-13-28)22-5-4-21(25-26-22)24-18-6-8-23-9-7-18/h4-9,14-15H,10-13H2,1-3H3,(H,23,24,25). The number of methoxy groups -OCH3 is 1. The molecule has 1 aromatic carbocycles. The van der Waals surface area contributed by atoms with Gasteiger partial charge < -0.3 is 15.0 Å². The molecule has 0 aliphatic carbocycles. The lowest BCUT2D eigenvalue weighted by Gasteiger charge is -2.34. The molecule has 1 aliphatic rings. The largest absolute Gasteiger partial charge is 0.496 e. The summed E-state index contributed by atoms with van der Waals surface area (Å²) in [6.07, 6.45) is 3.40. The summed E-state index contributed by atoms with van der Waals surface area (Å²) in [5.74, 6) is 2.04. The summed E-state index contributed by atoms with van der Waals surface area (Å²) in [4.78, 5) is 6.36. The third-order valence-electron chi connectivity index (χ3n) is 5.48. The number of anilines is 3. The summed E-state index contributed by atoms with van der Waals surface area (Å²) in [5.41, 5.74) is 2.36. The van der Waals surface area contributed by atoms with Crippen molar-refractivity contribution in [1.29, 1.82) is 0 Å². The molecule has 168 valence electrons. The van der Waals surface area contributed by atoms with Gasteiger partial charge in [0.1, 0.15) is 5.75 Å². The molecule has 0 spiro atoms. The number of nitrogens with zero attached hydrogens (tertiary/aromatic N) is 5. The van der Waals surface area contributed by atoms with Crippen molar-refractivity contribution in [2.75, 3.05) is 43.5 Å². The number of hydrogen-bond acceptors (Lipinski definition) is 8. The fourth-order valence-electron chi connectivity index (χ4n) is 3.70. The molecule has 1 saturated heterocycles. The minimum absolute atomic E-state index is 0.329.